The van der Waals surface area contributed by atoms with Crippen LogP contribution >= 0.6 is 11.6 Å². The molecule has 3 heterocycles. The Kier molecular flexibility index (Phi) is 8.83. The first-order chi connectivity index (χ1) is 20.6. The molecule has 1 aliphatic rings. The zero-order valence-electron chi connectivity index (χ0n) is 22.9. The SMILES string of the molecule is CCN1CN(c2nc(OC(C)C(F)(F)F)c3c(Oc4c(F)cccc4Cl)nccc3c2F)N=C1COCc1ccccc1. The van der Waals surface area contributed by atoms with E-state index in [2.05, 4.69) is 15.1 Å². The molecule has 2 aromatic heterocycles. The fourth-order valence-electron chi connectivity index (χ4n) is 4.23. The molecule has 0 saturated heterocycles. The molecule has 14 heteroatoms. The molecule has 4 aromatic rings. The molecule has 1 atom stereocenters. The number of amidine groups is 1. The highest BCUT2D eigenvalue weighted by Crippen LogP contribution is 2.41. The summed E-state index contributed by atoms with van der Waals surface area (Å²) in [5, 5.41) is 4.94. The Balaban J connectivity index is 1.54. The van der Waals surface area contributed by atoms with Crippen molar-refractivity contribution in [2.45, 2.75) is 32.7 Å². The molecule has 0 bridgehead atoms. The van der Waals surface area contributed by atoms with E-state index in [-0.39, 0.29) is 29.1 Å². The van der Waals surface area contributed by atoms with Crippen LogP contribution in [-0.2, 0) is 11.3 Å². The van der Waals surface area contributed by atoms with Crippen molar-refractivity contribution in [2.24, 2.45) is 5.10 Å². The second kappa shape index (κ2) is 12.6. The van der Waals surface area contributed by atoms with Crippen molar-refractivity contribution in [3.05, 3.63) is 83.0 Å². The van der Waals surface area contributed by atoms with Gasteiger partial charge in [-0.1, -0.05) is 48.0 Å². The van der Waals surface area contributed by atoms with Crippen LogP contribution in [0.2, 0.25) is 5.02 Å². The first kappa shape index (κ1) is 30.2. The molecule has 1 aliphatic heterocycles. The highest BCUT2D eigenvalue weighted by Gasteiger charge is 2.39. The molecule has 8 nitrogen and oxygen atoms in total. The lowest BCUT2D eigenvalue weighted by Gasteiger charge is -2.22. The molecule has 0 radical (unpaired) electrons. The number of anilines is 1. The van der Waals surface area contributed by atoms with Gasteiger partial charge in [0.05, 0.1) is 11.6 Å². The third-order valence-electron chi connectivity index (χ3n) is 6.51. The van der Waals surface area contributed by atoms with Crippen LogP contribution < -0.4 is 14.5 Å². The van der Waals surface area contributed by atoms with Crippen LogP contribution in [0, 0.1) is 11.6 Å². The van der Waals surface area contributed by atoms with Crippen molar-refractivity contribution in [1.29, 1.82) is 0 Å². The largest absolute Gasteiger partial charge is 0.464 e. The van der Waals surface area contributed by atoms with E-state index >= 15 is 4.39 Å². The summed E-state index contributed by atoms with van der Waals surface area (Å²) in [6.07, 6.45) is -5.97. The Morgan fingerprint density at radius 3 is 2.47 bits per heavy atom. The Labute approximate surface area is 248 Å². The van der Waals surface area contributed by atoms with Gasteiger partial charge in [-0.25, -0.2) is 18.8 Å². The van der Waals surface area contributed by atoms with Crippen molar-refractivity contribution < 1.29 is 36.2 Å². The number of fused-ring (bicyclic) bond motifs is 1. The minimum Gasteiger partial charge on any atom is -0.464 e. The molecule has 5 rings (SSSR count). The molecule has 0 aliphatic carbocycles. The van der Waals surface area contributed by atoms with Crippen LogP contribution in [0.1, 0.15) is 19.4 Å². The molecule has 0 N–H and O–H groups in total. The van der Waals surface area contributed by atoms with Crippen molar-refractivity contribution in [3.8, 4) is 17.5 Å². The van der Waals surface area contributed by atoms with Gasteiger partial charge in [-0.3, -0.25) is 0 Å². The van der Waals surface area contributed by atoms with Gasteiger partial charge in [0.15, 0.2) is 35.1 Å². The average molecular weight is 622 g/mol. The summed E-state index contributed by atoms with van der Waals surface area (Å²) in [6, 6.07) is 14.4. The number of halogens is 6. The highest BCUT2D eigenvalue weighted by molar-refractivity contribution is 6.32. The van der Waals surface area contributed by atoms with Crippen molar-refractivity contribution >= 4 is 34.0 Å². The monoisotopic (exact) mass is 621 g/mol. The van der Waals surface area contributed by atoms with Crippen LogP contribution in [0.5, 0.6) is 17.5 Å². The Bertz CT molecular complexity index is 1620. The predicted octanol–water partition coefficient (Wildman–Crippen LogP) is 7.31. The third kappa shape index (κ3) is 6.57. The summed E-state index contributed by atoms with van der Waals surface area (Å²) in [5.41, 5.74) is 0.951. The number of rotatable bonds is 10. The van der Waals surface area contributed by atoms with E-state index in [1.54, 1.807) is 4.90 Å². The maximum atomic E-state index is 16.1. The van der Waals surface area contributed by atoms with Crippen LogP contribution in [0.15, 0.2) is 65.9 Å². The lowest BCUT2D eigenvalue weighted by molar-refractivity contribution is -0.189. The van der Waals surface area contributed by atoms with E-state index in [1.807, 2.05) is 37.3 Å². The molecule has 0 fully saturated rings. The number of benzene rings is 2. The maximum absolute atomic E-state index is 16.1. The minimum absolute atomic E-state index is 0.0451. The third-order valence-corrected chi connectivity index (χ3v) is 6.81. The molecular formula is C29H25ClF5N5O3. The normalized spacial score (nSPS) is 14.3. The van der Waals surface area contributed by atoms with Gasteiger partial charge in [0.1, 0.15) is 18.7 Å². The standard InChI is InChI=1S/C29H25ClF5N5O3/c1-3-39-16-40(38-22(39)15-41-14-18-8-5-4-6-9-18)26-24(32)19-12-13-36-27(43-25-20(30)10-7-11-21(25)31)23(19)28(37-26)42-17(2)29(33,34)35/h4-13,17H,3,14-16H2,1-2H3. The number of aromatic nitrogens is 2. The van der Waals surface area contributed by atoms with Crippen molar-refractivity contribution in [2.75, 3.05) is 24.8 Å². The summed E-state index contributed by atoms with van der Waals surface area (Å²) in [4.78, 5) is 9.92. The van der Waals surface area contributed by atoms with Crippen LogP contribution in [0.25, 0.3) is 10.8 Å². The van der Waals surface area contributed by atoms with E-state index in [0.29, 0.717) is 19.0 Å². The fraction of sp³-hybridized carbons (Fsp3) is 0.276. The number of likely N-dealkylation sites (N-methyl/N-ethyl adjacent to an activating group) is 1. The Morgan fingerprint density at radius 2 is 1.77 bits per heavy atom. The molecule has 1 unspecified atom stereocenters. The summed E-state index contributed by atoms with van der Waals surface area (Å²) in [6.45, 7) is 3.57. The van der Waals surface area contributed by atoms with Gasteiger partial charge in [0, 0.05) is 18.1 Å². The quantitative estimate of drug-likeness (QED) is 0.172. The number of ether oxygens (including phenoxy) is 3. The van der Waals surface area contributed by atoms with Gasteiger partial charge in [-0.2, -0.15) is 23.3 Å². The highest BCUT2D eigenvalue weighted by atomic mass is 35.5. The molecule has 43 heavy (non-hydrogen) atoms. The second-order valence-corrected chi connectivity index (χ2v) is 9.85. The molecule has 2 aromatic carbocycles. The number of hydrogen-bond donors (Lipinski definition) is 0. The minimum atomic E-state index is -4.78. The topological polar surface area (TPSA) is 72.3 Å². The number of pyridine rings is 2. The Hall–Kier alpha value is -4.23. The first-order valence-electron chi connectivity index (χ1n) is 13.1. The summed E-state index contributed by atoms with van der Waals surface area (Å²) in [5.74, 6) is -3.27. The van der Waals surface area contributed by atoms with E-state index in [9.17, 15) is 17.6 Å². The van der Waals surface area contributed by atoms with Crippen molar-refractivity contribution in [1.82, 2.24) is 14.9 Å². The van der Waals surface area contributed by atoms with Gasteiger partial charge in [0.25, 0.3) is 0 Å². The van der Waals surface area contributed by atoms with Crippen LogP contribution in [0.4, 0.5) is 27.8 Å². The van der Waals surface area contributed by atoms with Gasteiger partial charge in [-0.05, 0) is 37.6 Å². The predicted molar refractivity (Wildman–Crippen MR) is 150 cm³/mol. The number of para-hydroxylation sites is 1. The molecule has 0 amide bonds. The lowest BCUT2D eigenvalue weighted by atomic mass is 10.2. The van der Waals surface area contributed by atoms with Crippen LogP contribution in [0.3, 0.4) is 0 Å². The van der Waals surface area contributed by atoms with Gasteiger partial charge in [0.2, 0.25) is 11.8 Å². The van der Waals surface area contributed by atoms with E-state index in [1.165, 1.54) is 23.2 Å². The fourth-order valence-corrected chi connectivity index (χ4v) is 4.43. The second-order valence-electron chi connectivity index (χ2n) is 9.44. The average Bonchev–Trinajstić information content (AvgIpc) is 3.39. The van der Waals surface area contributed by atoms with Gasteiger partial charge >= 0.3 is 6.18 Å². The number of hydrogen-bond acceptors (Lipinski definition) is 8. The van der Waals surface area contributed by atoms with E-state index in [0.717, 1.165) is 24.8 Å². The zero-order chi connectivity index (χ0) is 30.7. The van der Waals surface area contributed by atoms with Gasteiger partial charge in [-0.15, -0.1) is 0 Å². The first-order valence-corrected chi connectivity index (χ1v) is 13.5. The summed E-state index contributed by atoms with van der Waals surface area (Å²) >= 11 is 6.07. The zero-order valence-corrected chi connectivity index (χ0v) is 23.7. The molecule has 0 spiro atoms. The molecule has 0 saturated carbocycles. The summed E-state index contributed by atoms with van der Waals surface area (Å²) in [7, 11) is 0. The van der Waals surface area contributed by atoms with E-state index < -0.39 is 47.2 Å². The molecular weight excluding hydrogens is 597 g/mol. The molecule has 226 valence electrons. The number of nitrogens with zero attached hydrogens (tertiary/aromatic N) is 5. The lowest BCUT2D eigenvalue weighted by Crippen LogP contribution is -2.33. The number of hydrazone groups is 1. The number of alkyl halides is 3. The maximum Gasteiger partial charge on any atom is 0.425 e. The van der Waals surface area contributed by atoms with Crippen molar-refractivity contribution in [3.63, 3.8) is 0 Å². The van der Waals surface area contributed by atoms with Gasteiger partial charge < -0.3 is 19.1 Å². The summed E-state index contributed by atoms with van der Waals surface area (Å²) < 4.78 is 87.9. The van der Waals surface area contributed by atoms with E-state index in [4.69, 9.17) is 25.8 Å². The Morgan fingerprint density at radius 1 is 1.00 bits per heavy atom. The smallest absolute Gasteiger partial charge is 0.425 e. The van der Waals surface area contributed by atoms with Crippen LogP contribution in [-0.4, -0.2) is 52.8 Å².